The summed E-state index contributed by atoms with van der Waals surface area (Å²) in [7, 11) is -3.99. The quantitative estimate of drug-likeness (QED) is 0.910. The molecule has 1 fully saturated rings. The maximum atomic E-state index is 13.2. The molecular weight excluding hydrogens is 314 g/mol. The fraction of sp³-hybridized carbons (Fsp3) is 0.500. The number of hydrogen-bond acceptors (Lipinski definition) is 3. The molecular formula is C14H18F2N2O3S. The van der Waals surface area contributed by atoms with Crippen LogP contribution in [0, 0.1) is 17.0 Å². The topological polar surface area (TPSA) is 80.5 Å². The lowest BCUT2D eigenvalue weighted by Gasteiger charge is -2.38. The second kappa shape index (κ2) is 5.92. The summed E-state index contributed by atoms with van der Waals surface area (Å²) in [5.41, 5.74) is 4.70. The van der Waals surface area contributed by atoms with Crippen LogP contribution >= 0.6 is 0 Å². The standard InChI is InChI=1S/C14H18F2N2O3S/c1-2-14(13(17)19)3-5-18(6-4-14)22(20,21)12-8-10(15)7-11(16)9-12/h7-9H,2-6H2,1H3,(H2,17,19). The molecule has 2 N–H and O–H groups in total. The van der Waals surface area contributed by atoms with Gasteiger partial charge < -0.3 is 5.73 Å². The Labute approximate surface area is 128 Å². The van der Waals surface area contributed by atoms with Gasteiger partial charge in [0.15, 0.2) is 0 Å². The summed E-state index contributed by atoms with van der Waals surface area (Å²) in [6, 6.07) is 2.19. The third kappa shape index (κ3) is 2.98. The smallest absolute Gasteiger partial charge is 0.243 e. The van der Waals surface area contributed by atoms with E-state index < -0.39 is 37.9 Å². The lowest BCUT2D eigenvalue weighted by molar-refractivity contribution is -0.130. The van der Waals surface area contributed by atoms with Crippen molar-refractivity contribution in [3.8, 4) is 0 Å². The Morgan fingerprint density at radius 2 is 1.73 bits per heavy atom. The van der Waals surface area contributed by atoms with Crippen molar-refractivity contribution in [1.29, 1.82) is 0 Å². The summed E-state index contributed by atoms with van der Waals surface area (Å²) in [4.78, 5) is 11.2. The summed E-state index contributed by atoms with van der Waals surface area (Å²) in [5.74, 6) is -2.34. The number of nitrogens with two attached hydrogens (primary N) is 1. The predicted octanol–water partition coefficient (Wildman–Crippen LogP) is 1.63. The van der Waals surface area contributed by atoms with Gasteiger partial charge in [0.1, 0.15) is 11.6 Å². The van der Waals surface area contributed by atoms with Gasteiger partial charge in [-0.2, -0.15) is 4.31 Å². The summed E-state index contributed by atoms with van der Waals surface area (Å²) < 4.78 is 52.5. The first-order chi connectivity index (χ1) is 10.2. The molecule has 0 unspecified atom stereocenters. The minimum Gasteiger partial charge on any atom is -0.369 e. The van der Waals surface area contributed by atoms with E-state index in [9.17, 15) is 22.0 Å². The van der Waals surface area contributed by atoms with Crippen molar-refractivity contribution in [2.24, 2.45) is 11.1 Å². The number of benzene rings is 1. The third-order valence-corrected chi connectivity index (χ3v) is 6.23. The van der Waals surface area contributed by atoms with Crippen molar-refractivity contribution < 1.29 is 22.0 Å². The molecule has 1 heterocycles. The van der Waals surface area contributed by atoms with E-state index in [1.165, 1.54) is 0 Å². The summed E-state index contributed by atoms with van der Waals surface area (Å²) >= 11 is 0. The van der Waals surface area contributed by atoms with Crippen molar-refractivity contribution in [2.45, 2.75) is 31.1 Å². The maximum absolute atomic E-state index is 13.2. The Bertz CT molecular complexity index is 663. The Hall–Kier alpha value is -1.54. The molecule has 5 nitrogen and oxygen atoms in total. The van der Waals surface area contributed by atoms with Crippen LogP contribution in [0.4, 0.5) is 8.78 Å². The van der Waals surface area contributed by atoms with E-state index in [-0.39, 0.29) is 13.1 Å². The van der Waals surface area contributed by atoms with Crippen LogP contribution in [-0.2, 0) is 14.8 Å². The van der Waals surface area contributed by atoms with Gasteiger partial charge in [-0.05, 0) is 31.4 Å². The first-order valence-corrected chi connectivity index (χ1v) is 8.41. The first-order valence-electron chi connectivity index (χ1n) is 6.97. The zero-order chi connectivity index (χ0) is 16.5. The molecule has 1 aliphatic heterocycles. The van der Waals surface area contributed by atoms with Gasteiger partial charge >= 0.3 is 0 Å². The van der Waals surface area contributed by atoms with Gasteiger partial charge in [0.2, 0.25) is 15.9 Å². The Morgan fingerprint density at radius 1 is 1.23 bits per heavy atom. The average molecular weight is 332 g/mol. The molecule has 8 heteroatoms. The van der Waals surface area contributed by atoms with Crippen LogP contribution in [0.2, 0.25) is 0 Å². The molecule has 0 bridgehead atoms. The highest BCUT2D eigenvalue weighted by Gasteiger charge is 2.41. The van der Waals surface area contributed by atoms with Gasteiger partial charge in [0, 0.05) is 19.2 Å². The number of primary amides is 1. The summed E-state index contributed by atoms with van der Waals surface area (Å²) in [6.45, 7) is 2.02. The minimum absolute atomic E-state index is 0.0945. The van der Waals surface area contributed by atoms with Gasteiger partial charge in [-0.3, -0.25) is 4.79 Å². The molecule has 0 aliphatic carbocycles. The van der Waals surface area contributed by atoms with E-state index in [1.54, 1.807) is 0 Å². The largest absolute Gasteiger partial charge is 0.369 e. The lowest BCUT2D eigenvalue weighted by Crippen LogP contribution is -2.48. The Morgan fingerprint density at radius 3 is 2.14 bits per heavy atom. The fourth-order valence-electron chi connectivity index (χ4n) is 2.76. The molecule has 1 aromatic carbocycles. The number of carbonyl (C=O) groups excluding carboxylic acids is 1. The maximum Gasteiger partial charge on any atom is 0.243 e. The number of nitrogens with zero attached hydrogens (tertiary/aromatic N) is 1. The van der Waals surface area contributed by atoms with Crippen molar-refractivity contribution in [2.75, 3.05) is 13.1 Å². The second-order valence-electron chi connectivity index (χ2n) is 5.51. The molecule has 1 aliphatic rings. The van der Waals surface area contributed by atoms with Crippen molar-refractivity contribution in [3.05, 3.63) is 29.8 Å². The van der Waals surface area contributed by atoms with Gasteiger partial charge in [0.25, 0.3) is 0 Å². The number of hydrogen-bond donors (Lipinski definition) is 1. The minimum atomic E-state index is -3.99. The average Bonchev–Trinajstić information content (AvgIpc) is 2.46. The van der Waals surface area contributed by atoms with E-state index in [0.29, 0.717) is 25.3 Å². The Balaban J connectivity index is 2.24. The lowest BCUT2D eigenvalue weighted by atomic mass is 9.76. The highest BCUT2D eigenvalue weighted by atomic mass is 32.2. The molecule has 1 saturated heterocycles. The van der Waals surface area contributed by atoms with Gasteiger partial charge in [-0.1, -0.05) is 6.92 Å². The van der Waals surface area contributed by atoms with E-state index in [4.69, 9.17) is 5.73 Å². The number of halogens is 2. The molecule has 22 heavy (non-hydrogen) atoms. The molecule has 122 valence electrons. The molecule has 0 spiro atoms. The first kappa shape index (κ1) is 16.8. The third-order valence-electron chi connectivity index (χ3n) is 4.35. The molecule has 1 aromatic rings. The van der Waals surface area contributed by atoms with Gasteiger partial charge in [-0.15, -0.1) is 0 Å². The van der Waals surface area contributed by atoms with Crippen LogP contribution in [0.25, 0.3) is 0 Å². The zero-order valence-electron chi connectivity index (χ0n) is 12.2. The van der Waals surface area contributed by atoms with E-state index >= 15 is 0 Å². The summed E-state index contributed by atoms with van der Waals surface area (Å²) in [6.07, 6.45) is 1.14. The predicted molar refractivity (Wildman–Crippen MR) is 76.3 cm³/mol. The molecule has 0 aromatic heterocycles. The monoisotopic (exact) mass is 332 g/mol. The van der Waals surface area contributed by atoms with Crippen molar-refractivity contribution >= 4 is 15.9 Å². The van der Waals surface area contributed by atoms with Crippen LogP contribution in [0.5, 0.6) is 0 Å². The Kier molecular flexibility index (Phi) is 4.53. The molecule has 0 radical (unpaired) electrons. The highest BCUT2D eigenvalue weighted by Crippen LogP contribution is 2.36. The number of rotatable bonds is 4. The molecule has 0 atom stereocenters. The molecule has 2 rings (SSSR count). The summed E-state index contributed by atoms with van der Waals surface area (Å²) in [5, 5.41) is 0. The van der Waals surface area contributed by atoms with Crippen LogP contribution in [0.3, 0.4) is 0 Å². The number of amides is 1. The number of carbonyl (C=O) groups is 1. The van der Waals surface area contributed by atoms with Gasteiger partial charge in [-0.25, -0.2) is 17.2 Å². The fourth-order valence-corrected chi connectivity index (χ4v) is 4.24. The van der Waals surface area contributed by atoms with Crippen LogP contribution in [-0.4, -0.2) is 31.7 Å². The van der Waals surface area contributed by atoms with Crippen molar-refractivity contribution in [1.82, 2.24) is 4.31 Å². The highest BCUT2D eigenvalue weighted by molar-refractivity contribution is 7.89. The zero-order valence-corrected chi connectivity index (χ0v) is 13.0. The second-order valence-corrected chi connectivity index (χ2v) is 7.45. The molecule has 1 amide bonds. The normalized spacial score (nSPS) is 19.0. The van der Waals surface area contributed by atoms with Crippen molar-refractivity contribution in [3.63, 3.8) is 0 Å². The number of piperidine rings is 1. The van der Waals surface area contributed by atoms with Crippen LogP contribution in [0.1, 0.15) is 26.2 Å². The van der Waals surface area contributed by atoms with Gasteiger partial charge in [0.05, 0.1) is 10.3 Å². The van der Waals surface area contributed by atoms with Crippen LogP contribution < -0.4 is 5.73 Å². The number of sulfonamides is 1. The SMILES string of the molecule is CCC1(C(N)=O)CCN(S(=O)(=O)c2cc(F)cc(F)c2)CC1. The van der Waals surface area contributed by atoms with E-state index in [0.717, 1.165) is 16.4 Å². The molecule has 0 saturated carbocycles. The van der Waals surface area contributed by atoms with E-state index in [1.807, 2.05) is 6.92 Å². The van der Waals surface area contributed by atoms with Crippen LogP contribution in [0.15, 0.2) is 23.1 Å². The van der Waals surface area contributed by atoms with E-state index in [2.05, 4.69) is 0 Å².